The van der Waals surface area contributed by atoms with Crippen molar-refractivity contribution < 1.29 is 4.74 Å². The summed E-state index contributed by atoms with van der Waals surface area (Å²) in [6.45, 7) is 0. The van der Waals surface area contributed by atoms with Crippen LogP contribution in [0, 0.1) is 22.7 Å². The van der Waals surface area contributed by atoms with Gasteiger partial charge in [0.05, 0.1) is 38.7 Å². The Morgan fingerprint density at radius 1 is 0.556 bits per heavy atom. The number of aromatic nitrogens is 4. The van der Waals surface area contributed by atoms with Gasteiger partial charge in [-0.05, 0) is 78.2 Å². The number of para-hydroxylation sites is 3. The Morgan fingerprint density at radius 2 is 1.27 bits per heavy atom. The predicted octanol–water partition coefficient (Wildman–Crippen LogP) is 8.82. The number of benzene rings is 5. The minimum Gasteiger partial charge on any atom is -0.457 e. The molecule has 0 bridgehead atoms. The van der Waals surface area contributed by atoms with Crippen LogP contribution in [0.25, 0.3) is 66.0 Å². The zero-order chi connectivity index (χ0) is 30.1. The number of imidazole rings is 1. The summed E-state index contributed by atoms with van der Waals surface area (Å²) >= 11 is 0. The van der Waals surface area contributed by atoms with Crippen LogP contribution in [0.5, 0.6) is 11.5 Å². The molecule has 0 spiro atoms. The number of rotatable bonds is 3. The Bertz CT molecular complexity index is 2760. The minimum atomic E-state index is 0.335. The van der Waals surface area contributed by atoms with Crippen LogP contribution in [0.3, 0.4) is 0 Å². The molecule has 0 aliphatic heterocycles. The fourth-order valence-electron chi connectivity index (χ4n) is 6.51. The molecule has 0 radical (unpaired) electrons. The first-order valence-corrected chi connectivity index (χ1v) is 14.5. The van der Waals surface area contributed by atoms with Gasteiger partial charge < -0.3 is 4.74 Å². The van der Waals surface area contributed by atoms with E-state index in [1.165, 1.54) is 0 Å². The standard InChI is InChI=1S/C38H20N6O/c39-21-23-17-30-27-14-12-25(19-31(27)38-42-32-8-2-4-10-34(32)44(38)35(30)18-24(23)22-40)45-26-13-15-29-28-7-1-3-9-33(28)43(36(29)20-26)37-11-5-6-16-41-37/h1-20H. The van der Waals surface area contributed by atoms with Gasteiger partial charge in [-0.25, -0.2) is 9.97 Å². The van der Waals surface area contributed by atoms with E-state index in [4.69, 9.17) is 9.72 Å². The number of hydrogen-bond donors (Lipinski definition) is 0. The second-order valence-electron chi connectivity index (χ2n) is 10.9. The first kappa shape index (κ1) is 24.9. The van der Waals surface area contributed by atoms with E-state index in [1.807, 2.05) is 78.9 Å². The molecule has 0 aliphatic carbocycles. The summed E-state index contributed by atoms with van der Waals surface area (Å²) in [5.41, 5.74) is 6.09. The third-order valence-electron chi connectivity index (χ3n) is 8.46. The van der Waals surface area contributed by atoms with Gasteiger partial charge in [-0.1, -0.05) is 36.4 Å². The van der Waals surface area contributed by atoms with Crippen molar-refractivity contribution in [1.29, 1.82) is 10.5 Å². The molecule has 208 valence electrons. The second-order valence-corrected chi connectivity index (χ2v) is 10.9. The van der Waals surface area contributed by atoms with E-state index in [-0.39, 0.29) is 0 Å². The van der Waals surface area contributed by atoms with Gasteiger partial charge in [0.25, 0.3) is 0 Å². The lowest BCUT2D eigenvalue weighted by molar-refractivity contribution is 0.484. The fourth-order valence-corrected chi connectivity index (χ4v) is 6.51. The highest BCUT2D eigenvalue weighted by atomic mass is 16.5. The van der Waals surface area contributed by atoms with Crippen LogP contribution in [0.4, 0.5) is 0 Å². The molecule has 0 atom stereocenters. The summed E-state index contributed by atoms with van der Waals surface area (Å²) in [6.07, 6.45) is 1.80. The number of fused-ring (bicyclic) bond motifs is 11. The van der Waals surface area contributed by atoms with Gasteiger partial charge >= 0.3 is 0 Å². The predicted molar refractivity (Wildman–Crippen MR) is 176 cm³/mol. The number of nitriles is 2. The van der Waals surface area contributed by atoms with Crippen LogP contribution in [-0.4, -0.2) is 18.9 Å². The molecule has 45 heavy (non-hydrogen) atoms. The van der Waals surface area contributed by atoms with Crippen molar-refractivity contribution in [2.24, 2.45) is 0 Å². The van der Waals surface area contributed by atoms with E-state index in [2.05, 4.69) is 50.4 Å². The molecule has 4 heterocycles. The van der Waals surface area contributed by atoms with E-state index in [1.54, 1.807) is 18.3 Å². The van der Waals surface area contributed by atoms with Gasteiger partial charge in [0.15, 0.2) is 0 Å². The molecule has 0 saturated heterocycles. The molecule has 9 aromatic rings. The lowest BCUT2D eigenvalue weighted by Crippen LogP contribution is -1.96. The van der Waals surface area contributed by atoms with Gasteiger partial charge in [-0.2, -0.15) is 10.5 Å². The van der Waals surface area contributed by atoms with Gasteiger partial charge in [0, 0.05) is 33.8 Å². The molecule has 0 fully saturated rings. The van der Waals surface area contributed by atoms with E-state index in [0.29, 0.717) is 22.6 Å². The highest BCUT2D eigenvalue weighted by Crippen LogP contribution is 2.38. The Hall–Kier alpha value is -6.70. The molecule has 7 nitrogen and oxygen atoms in total. The molecule has 0 saturated carbocycles. The lowest BCUT2D eigenvalue weighted by Gasteiger charge is -2.13. The zero-order valence-electron chi connectivity index (χ0n) is 23.6. The number of pyridine rings is 2. The largest absolute Gasteiger partial charge is 0.457 e. The summed E-state index contributed by atoms with van der Waals surface area (Å²) < 4.78 is 10.8. The molecule has 0 N–H and O–H groups in total. The van der Waals surface area contributed by atoms with Crippen molar-refractivity contribution in [2.75, 3.05) is 0 Å². The monoisotopic (exact) mass is 576 g/mol. The first-order valence-electron chi connectivity index (χ1n) is 14.5. The van der Waals surface area contributed by atoms with Crippen LogP contribution >= 0.6 is 0 Å². The van der Waals surface area contributed by atoms with Crippen molar-refractivity contribution in [1.82, 2.24) is 18.9 Å². The Balaban J connectivity index is 1.26. The molecule has 0 aliphatic rings. The van der Waals surface area contributed by atoms with Crippen LogP contribution in [0.2, 0.25) is 0 Å². The highest BCUT2D eigenvalue weighted by molar-refractivity contribution is 6.15. The first-order chi connectivity index (χ1) is 22.2. The molecular weight excluding hydrogens is 556 g/mol. The average molecular weight is 577 g/mol. The van der Waals surface area contributed by atoms with E-state index >= 15 is 0 Å². The fraction of sp³-hybridized carbons (Fsp3) is 0. The maximum atomic E-state index is 9.80. The number of ether oxygens (including phenoxy) is 1. The minimum absolute atomic E-state index is 0.335. The summed E-state index contributed by atoms with van der Waals surface area (Å²) in [5.74, 6) is 2.19. The van der Waals surface area contributed by atoms with Crippen molar-refractivity contribution in [3.8, 4) is 29.5 Å². The molecule has 9 rings (SSSR count). The van der Waals surface area contributed by atoms with Gasteiger partial charge in [0.2, 0.25) is 0 Å². The lowest BCUT2D eigenvalue weighted by atomic mass is 10.0. The molecule has 0 unspecified atom stereocenters. The Morgan fingerprint density at radius 3 is 2.09 bits per heavy atom. The zero-order valence-corrected chi connectivity index (χ0v) is 23.6. The maximum absolute atomic E-state index is 9.80. The van der Waals surface area contributed by atoms with Crippen LogP contribution < -0.4 is 4.74 Å². The summed E-state index contributed by atoms with van der Waals surface area (Å²) in [7, 11) is 0. The molecule has 4 aromatic heterocycles. The third kappa shape index (κ3) is 3.62. The Kier molecular flexibility index (Phi) is 5.19. The van der Waals surface area contributed by atoms with Gasteiger partial charge in [-0.15, -0.1) is 0 Å². The van der Waals surface area contributed by atoms with E-state index in [9.17, 15) is 10.5 Å². The molecule has 5 aromatic carbocycles. The normalized spacial score (nSPS) is 11.5. The third-order valence-corrected chi connectivity index (χ3v) is 8.46. The quantitative estimate of drug-likeness (QED) is 0.196. The summed E-state index contributed by atoms with van der Waals surface area (Å²) in [5, 5.41) is 24.5. The molecule has 0 amide bonds. The average Bonchev–Trinajstić information content (AvgIpc) is 3.64. The molecule has 7 heteroatoms. The number of hydrogen-bond acceptors (Lipinski definition) is 5. The van der Waals surface area contributed by atoms with Crippen molar-refractivity contribution in [2.45, 2.75) is 0 Å². The highest BCUT2D eigenvalue weighted by Gasteiger charge is 2.18. The molecular formula is C38H20N6O. The SMILES string of the molecule is N#Cc1cc2c3ccc(Oc4ccc5c6ccccc6n(-c6ccccn6)c5c4)cc3c3nc4ccccc4n3c2cc1C#N. The van der Waals surface area contributed by atoms with E-state index in [0.717, 1.165) is 66.0 Å². The van der Waals surface area contributed by atoms with Crippen molar-refractivity contribution in [3.63, 3.8) is 0 Å². The maximum Gasteiger partial charge on any atom is 0.146 e. The van der Waals surface area contributed by atoms with Crippen molar-refractivity contribution in [3.05, 3.63) is 133 Å². The second kappa shape index (κ2) is 9.40. The van der Waals surface area contributed by atoms with Crippen LogP contribution in [-0.2, 0) is 0 Å². The summed E-state index contributed by atoms with van der Waals surface area (Å²) in [6, 6.07) is 42.2. The summed E-state index contributed by atoms with van der Waals surface area (Å²) in [4.78, 5) is 9.64. The van der Waals surface area contributed by atoms with Gasteiger partial charge in [-0.3, -0.25) is 8.97 Å². The van der Waals surface area contributed by atoms with Crippen LogP contribution in [0.1, 0.15) is 11.1 Å². The van der Waals surface area contributed by atoms with Crippen LogP contribution in [0.15, 0.2) is 121 Å². The topological polar surface area (TPSA) is 91.9 Å². The van der Waals surface area contributed by atoms with E-state index < -0.39 is 0 Å². The number of nitrogens with zero attached hydrogens (tertiary/aromatic N) is 6. The smallest absolute Gasteiger partial charge is 0.146 e. The van der Waals surface area contributed by atoms with Gasteiger partial charge in [0.1, 0.15) is 35.1 Å². The van der Waals surface area contributed by atoms with Crippen molar-refractivity contribution >= 4 is 60.2 Å². The Labute approximate surface area is 256 Å².